The number of aromatic nitrogens is 2. The lowest BCUT2D eigenvalue weighted by Crippen LogP contribution is -2.25. The molecule has 0 bridgehead atoms. The van der Waals surface area contributed by atoms with Crippen LogP contribution in [0.15, 0.2) is 54.6 Å². The minimum Gasteiger partial charge on any atom is -0.493 e. The molecule has 0 atom stereocenters. The number of imidazole rings is 1. The average Bonchev–Trinajstić information content (AvgIpc) is 3.28. The Morgan fingerprint density at radius 3 is 2.32 bits per heavy atom. The fourth-order valence-corrected chi connectivity index (χ4v) is 4.47. The standard InChI is InChI=1S/C30H35N3O5/c1-19(2)22-12-11-20(3)15-25(22)38-14-13-33-24-10-8-7-9-23(24)32-28(33)18-31-30(34)21-16-26(35-4)29(37-6)27(17-21)36-5/h7-12,15-17,19H,13-14,18H2,1-6H3,(H,31,34). The Morgan fingerprint density at radius 2 is 1.66 bits per heavy atom. The summed E-state index contributed by atoms with van der Waals surface area (Å²) >= 11 is 0. The number of ether oxygens (including phenoxy) is 4. The van der Waals surface area contributed by atoms with Crippen LogP contribution >= 0.6 is 0 Å². The molecule has 1 N–H and O–H groups in total. The number of amides is 1. The molecule has 4 rings (SSSR count). The third-order valence-corrected chi connectivity index (χ3v) is 6.43. The summed E-state index contributed by atoms with van der Waals surface area (Å²) in [5.74, 6) is 2.99. The van der Waals surface area contributed by atoms with Crippen LogP contribution in [0.3, 0.4) is 0 Å². The molecule has 38 heavy (non-hydrogen) atoms. The molecule has 0 fully saturated rings. The summed E-state index contributed by atoms with van der Waals surface area (Å²) in [5.41, 5.74) is 4.59. The van der Waals surface area contributed by atoms with Gasteiger partial charge in [0.2, 0.25) is 5.75 Å². The van der Waals surface area contributed by atoms with Gasteiger partial charge in [-0.05, 0) is 54.3 Å². The van der Waals surface area contributed by atoms with Gasteiger partial charge in [0.1, 0.15) is 18.2 Å². The summed E-state index contributed by atoms with van der Waals surface area (Å²) in [5, 5.41) is 2.98. The molecular formula is C30H35N3O5. The Hall–Kier alpha value is -4.20. The predicted molar refractivity (Wildman–Crippen MR) is 148 cm³/mol. The molecule has 1 amide bonds. The van der Waals surface area contributed by atoms with Crippen LogP contribution in [0, 0.1) is 6.92 Å². The highest BCUT2D eigenvalue weighted by Gasteiger charge is 2.18. The Balaban J connectivity index is 1.53. The van der Waals surface area contributed by atoms with E-state index >= 15 is 0 Å². The fourth-order valence-electron chi connectivity index (χ4n) is 4.47. The first kappa shape index (κ1) is 26.9. The van der Waals surface area contributed by atoms with E-state index in [0.29, 0.717) is 41.9 Å². The van der Waals surface area contributed by atoms with Crippen molar-refractivity contribution >= 4 is 16.9 Å². The summed E-state index contributed by atoms with van der Waals surface area (Å²) in [6.45, 7) is 7.69. The van der Waals surface area contributed by atoms with Gasteiger partial charge in [-0.1, -0.05) is 38.1 Å². The third kappa shape index (κ3) is 5.69. The number of carbonyl (C=O) groups excluding carboxylic acids is 1. The van der Waals surface area contributed by atoms with Gasteiger partial charge in [0.05, 0.1) is 45.5 Å². The van der Waals surface area contributed by atoms with Crippen LogP contribution in [-0.2, 0) is 13.1 Å². The quantitative estimate of drug-likeness (QED) is 0.283. The molecule has 0 aliphatic rings. The number of nitrogens with one attached hydrogen (secondary N) is 1. The topological polar surface area (TPSA) is 83.8 Å². The molecule has 1 aromatic heterocycles. The lowest BCUT2D eigenvalue weighted by molar-refractivity contribution is 0.0948. The number of benzene rings is 3. The zero-order valence-corrected chi connectivity index (χ0v) is 22.8. The summed E-state index contributed by atoms with van der Waals surface area (Å²) in [7, 11) is 4.56. The summed E-state index contributed by atoms with van der Waals surface area (Å²) in [4.78, 5) is 17.9. The molecule has 0 unspecified atom stereocenters. The molecule has 0 radical (unpaired) electrons. The number of hydrogen-bond donors (Lipinski definition) is 1. The van der Waals surface area contributed by atoms with Crippen molar-refractivity contribution in [1.82, 2.24) is 14.9 Å². The maximum atomic E-state index is 13.1. The number of methoxy groups -OCH3 is 3. The third-order valence-electron chi connectivity index (χ3n) is 6.43. The van der Waals surface area contributed by atoms with E-state index in [1.165, 1.54) is 26.9 Å². The second-order valence-corrected chi connectivity index (χ2v) is 9.31. The van der Waals surface area contributed by atoms with E-state index in [-0.39, 0.29) is 12.5 Å². The monoisotopic (exact) mass is 517 g/mol. The van der Waals surface area contributed by atoms with Gasteiger partial charge in [-0.15, -0.1) is 0 Å². The zero-order valence-electron chi connectivity index (χ0n) is 22.8. The Labute approximate surface area is 223 Å². The van der Waals surface area contributed by atoms with E-state index in [1.54, 1.807) is 12.1 Å². The van der Waals surface area contributed by atoms with Gasteiger partial charge in [-0.2, -0.15) is 0 Å². The van der Waals surface area contributed by atoms with Crippen molar-refractivity contribution in [2.75, 3.05) is 27.9 Å². The van der Waals surface area contributed by atoms with Gasteiger partial charge < -0.3 is 28.8 Å². The van der Waals surface area contributed by atoms with Gasteiger partial charge in [0, 0.05) is 5.56 Å². The molecule has 0 saturated carbocycles. The van der Waals surface area contributed by atoms with Crippen molar-refractivity contribution < 1.29 is 23.7 Å². The first-order valence-electron chi connectivity index (χ1n) is 12.6. The molecule has 4 aromatic rings. The maximum absolute atomic E-state index is 13.1. The number of carbonyl (C=O) groups is 1. The van der Waals surface area contributed by atoms with Gasteiger partial charge in [-0.3, -0.25) is 4.79 Å². The Bertz CT molecular complexity index is 1400. The minimum absolute atomic E-state index is 0.242. The van der Waals surface area contributed by atoms with E-state index < -0.39 is 0 Å². The average molecular weight is 518 g/mol. The number of hydrogen-bond acceptors (Lipinski definition) is 6. The minimum atomic E-state index is -0.277. The molecule has 0 saturated heterocycles. The molecule has 200 valence electrons. The molecule has 1 heterocycles. The van der Waals surface area contributed by atoms with Crippen LogP contribution in [-0.4, -0.2) is 43.4 Å². The van der Waals surface area contributed by atoms with E-state index in [1.807, 2.05) is 24.3 Å². The highest BCUT2D eigenvalue weighted by Crippen LogP contribution is 2.38. The first-order chi connectivity index (χ1) is 18.4. The van der Waals surface area contributed by atoms with Crippen molar-refractivity contribution in [3.05, 3.63) is 77.1 Å². The molecule has 8 nitrogen and oxygen atoms in total. The second kappa shape index (κ2) is 11.9. The molecule has 0 spiro atoms. The summed E-state index contributed by atoms with van der Waals surface area (Å²) in [6, 6.07) is 17.5. The van der Waals surface area contributed by atoms with E-state index in [4.69, 9.17) is 23.9 Å². The van der Waals surface area contributed by atoms with Crippen LogP contribution in [0.4, 0.5) is 0 Å². The molecular weight excluding hydrogens is 482 g/mol. The van der Waals surface area contributed by atoms with Crippen molar-refractivity contribution in [3.8, 4) is 23.0 Å². The predicted octanol–water partition coefficient (Wildman–Crippen LogP) is 5.50. The number of aryl methyl sites for hydroxylation is 1. The number of rotatable bonds is 11. The van der Waals surface area contributed by atoms with E-state index in [2.05, 4.69) is 48.9 Å². The van der Waals surface area contributed by atoms with Crippen molar-refractivity contribution in [2.24, 2.45) is 0 Å². The Kier molecular flexibility index (Phi) is 8.41. The van der Waals surface area contributed by atoms with Crippen LogP contribution in [0.1, 0.15) is 47.1 Å². The smallest absolute Gasteiger partial charge is 0.251 e. The van der Waals surface area contributed by atoms with Gasteiger partial charge in [0.15, 0.2) is 11.5 Å². The van der Waals surface area contributed by atoms with Crippen LogP contribution in [0.5, 0.6) is 23.0 Å². The van der Waals surface area contributed by atoms with Gasteiger partial charge in [0.25, 0.3) is 5.91 Å². The number of para-hydroxylation sites is 2. The fraction of sp³-hybridized carbons (Fsp3) is 0.333. The molecule has 0 aliphatic heterocycles. The van der Waals surface area contributed by atoms with Crippen LogP contribution in [0.25, 0.3) is 11.0 Å². The lowest BCUT2D eigenvalue weighted by Gasteiger charge is -2.16. The van der Waals surface area contributed by atoms with Gasteiger partial charge in [-0.25, -0.2) is 4.98 Å². The van der Waals surface area contributed by atoms with E-state index in [0.717, 1.165) is 28.2 Å². The highest BCUT2D eigenvalue weighted by atomic mass is 16.5. The van der Waals surface area contributed by atoms with Crippen LogP contribution in [0.2, 0.25) is 0 Å². The lowest BCUT2D eigenvalue weighted by atomic mass is 10.0. The summed E-state index contributed by atoms with van der Waals surface area (Å²) < 4.78 is 24.5. The zero-order chi connectivity index (χ0) is 27.2. The molecule has 0 aliphatic carbocycles. The van der Waals surface area contributed by atoms with Gasteiger partial charge >= 0.3 is 0 Å². The second-order valence-electron chi connectivity index (χ2n) is 9.31. The van der Waals surface area contributed by atoms with Crippen molar-refractivity contribution in [3.63, 3.8) is 0 Å². The van der Waals surface area contributed by atoms with E-state index in [9.17, 15) is 4.79 Å². The molecule has 8 heteroatoms. The number of nitrogens with zero attached hydrogens (tertiary/aromatic N) is 2. The first-order valence-corrected chi connectivity index (χ1v) is 12.6. The van der Waals surface area contributed by atoms with Crippen LogP contribution < -0.4 is 24.3 Å². The molecule has 3 aromatic carbocycles. The largest absolute Gasteiger partial charge is 0.493 e. The maximum Gasteiger partial charge on any atom is 0.251 e. The van der Waals surface area contributed by atoms with Crippen molar-refractivity contribution in [2.45, 2.75) is 39.8 Å². The van der Waals surface area contributed by atoms with Crippen molar-refractivity contribution in [1.29, 1.82) is 0 Å². The SMILES string of the molecule is COc1cc(C(=O)NCc2nc3ccccc3n2CCOc2cc(C)ccc2C(C)C)cc(OC)c1OC. The summed E-state index contributed by atoms with van der Waals surface area (Å²) in [6.07, 6.45) is 0. The Morgan fingerprint density at radius 1 is 0.947 bits per heavy atom. The number of fused-ring (bicyclic) bond motifs is 1. The highest BCUT2D eigenvalue weighted by molar-refractivity contribution is 5.95. The normalized spacial score (nSPS) is 11.0.